The van der Waals surface area contributed by atoms with Gasteiger partial charge in [-0.25, -0.2) is 9.36 Å². The van der Waals surface area contributed by atoms with Gasteiger partial charge in [-0.1, -0.05) is 11.6 Å². The highest BCUT2D eigenvalue weighted by atomic mass is 35.5. The summed E-state index contributed by atoms with van der Waals surface area (Å²) in [4.78, 5) is 56.7. The predicted molar refractivity (Wildman–Crippen MR) is 129 cm³/mol. The van der Waals surface area contributed by atoms with Crippen molar-refractivity contribution < 1.29 is 23.8 Å². The van der Waals surface area contributed by atoms with Crippen LogP contribution in [0, 0.1) is 0 Å². The fraction of sp³-hybridized carbons (Fsp3) is 0.348. The zero-order chi connectivity index (χ0) is 25.9. The summed E-state index contributed by atoms with van der Waals surface area (Å²) in [5, 5.41) is 3.06. The Labute approximate surface area is 205 Å². The standard InChI is InChI=1S/C23H25ClN4O7/c1-23(2,3)35-20(30)11-28-21(31)13-6-12(25-10-16(13)27-22(28)32)7-19(29)26-15-8-14(24)17(33-4)9-18(15)34-5/h6,8-10H,7,11H2,1-5H3,(H,26,29)(H,27,32). The molecule has 11 nitrogen and oxygen atoms in total. The molecule has 186 valence electrons. The fourth-order valence-electron chi connectivity index (χ4n) is 3.26. The van der Waals surface area contributed by atoms with Crippen LogP contribution >= 0.6 is 11.6 Å². The summed E-state index contributed by atoms with van der Waals surface area (Å²) in [5.74, 6) is -0.455. The van der Waals surface area contributed by atoms with Crippen LogP contribution in [-0.2, 0) is 27.3 Å². The molecule has 0 bridgehead atoms. The van der Waals surface area contributed by atoms with Gasteiger partial charge in [-0.3, -0.25) is 19.4 Å². The Bertz CT molecular complexity index is 1410. The smallest absolute Gasteiger partial charge is 0.329 e. The number of anilines is 1. The molecule has 0 aliphatic rings. The number of pyridine rings is 1. The molecular formula is C23H25ClN4O7. The largest absolute Gasteiger partial charge is 0.495 e. The first-order valence-electron chi connectivity index (χ1n) is 10.5. The van der Waals surface area contributed by atoms with Crippen LogP contribution in [0.2, 0.25) is 5.02 Å². The molecule has 1 amide bonds. The molecule has 12 heteroatoms. The maximum atomic E-state index is 12.9. The molecule has 0 radical (unpaired) electrons. The second-order valence-corrected chi connectivity index (χ2v) is 8.95. The first kappa shape index (κ1) is 25.8. The van der Waals surface area contributed by atoms with Crippen LogP contribution in [0.5, 0.6) is 11.5 Å². The van der Waals surface area contributed by atoms with E-state index < -0.39 is 35.3 Å². The van der Waals surface area contributed by atoms with E-state index in [-0.39, 0.29) is 28.0 Å². The number of methoxy groups -OCH3 is 2. The normalized spacial score (nSPS) is 11.3. The van der Waals surface area contributed by atoms with Crippen LogP contribution in [0.3, 0.4) is 0 Å². The van der Waals surface area contributed by atoms with Gasteiger partial charge in [0.1, 0.15) is 23.6 Å². The Kier molecular flexibility index (Phi) is 7.49. The Morgan fingerprint density at radius 1 is 1.11 bits per heavy atom. The van der Waals surface area contributed by atoms with Crippen molar-refractivity contribution in [3.8, 4) is 11.5 Å². The van der Waals surface area contributed by atoms with Gasteiger partial charge < -0.3 is 24.5 Å². The number of rotatable bonds is 7. The van der Waals surface area contributed by atoms with Gasteiger partial charge in [-0.2, -0.15) is 0 Å². The molecule has 2 N–H and O–H groups in total. The first-order chi connectivity index (χ1) is 16.4. The number of fused-ring (bicyclic) bond motifs is 1. The van der Waals surface area contributed by atoms with Crippen LogP contribution in [0.4, 0.5) is 5.69 Å². The van der Waals surface area contributed by atoms with E-state index in [1.54, 1.807) is 20.8 Å². The zero-order valence-electron chi connectivity index (χ0n) is 19.9. The number of nitrogens with zero attached hydrogens (tertiary/aromatic N) is 2. The van der Waals surface area contributed by atoms with E-state index in [4.69, 9.17) is 25.8 Å². The lowest BCUT2D eigenvalue weighted by Crippen LogP contribution is -2.39. The van der Waals surface area contributed by atoms with E-state index in [0.717, 1.165) is 4.57 Å². The molecule has 0 spiro atoms. The SMILES string of the molecule is COc1cc(OC)c(NC(=O)Cc2cc3c(=O)n(CC(=O)OC(C)(C)C)c(=O)[nH]c3cn2)cc1Cl. The summed E-state index contributed by atoms with van der Waals surface area (Å²) >= 11 is 6.14. The van der Waals surface area contributed by atoms with Gasteiger partial charge in [0.15, 0.2) is 0 Å². The molecular weight excluding hydrogens is 480 g/mol. The molecule has 2 aromatic heterocycles. The summed E-state index contributed by atoms with van der Waals surface area (Å²) < 4.78 is 16.3. The van der Waals surface area contributed by atoms with Crippen LogP contribution < -0.4 is 26.0 Å². The summed E-state index contributed by atoms with van der Waals surface area (Å²) in [7, 11) is 2.89. The van der Waals surface area contributed by atoms with Crippen LogP contribution in [0.15, 0.2) is 34.0 Å². The highest BCUT2D eigenvalue weighted by Crippen LogP contribution is 2.35. The van der Waals surface area contributed by atoms with Crippen molar-refractivity contribution in [3.63, 3.8) is 0 Å². The number of carbonyl (C=O) groups excluding carboxylic acids is 2. The Hall–Kier alpha value is -3.86. The van der Waals surface area contributed by atoms with Gasteiger partial charge in [-0.05, 0) is 32.9 Å². The van der Waals surface area contributed by atoms with E-state index in [1.165, 1.54) is 38.6 Å². The third kappa shape index (κ3) is 6.18. The van der Waals surface area contributed by atoms with Crippen molar-refractivity contribution >= 4 is 40.1 Å². The Morgan fingerprint density at radius 3 is 2.43 bits per heavy atom. The molecule has 0 saturated carbocycles. The number of H-pyrrole nitrogens is 1. The summed E-state index contributed by atoms with van der Waals surface area (Å²) in [5.41, 5.74) is -1.49. The molecule has 0 saturated heterocycles. The highest BCUT2D eigenvalue weighted by molar-refractivity contribution is 6.32. The van der Waals surface area contributed by atoms with E-state index in [2.05, 4.69) is 15.3 Å². The van der Waals surface area contributed by atoms with Gasteiger partial charge in [0.2, 0.25) is 5.91 Å². The topological polar surface area (TPSA) is 142 Å². The molecule has 3 aromatic rings. The maximum absolute atomic E-state index is 12.9. The average Bonchev–Trinajstić information content (AvgIpc) is 2.76. The van der Waals surface area contributed by atoms with Crippen molar-refractivity contribution in [2.45, 2.75) is 39.3 Å². The highest BCUT2D eigenvalue weighted by Gasteiger charge is 2.19. The number of hydrogen-bond donors (Lipinski definition) is 2. The number of amides is 1. The minimum absolute atomic E-state index is 0.0935. The summed E-state index contributed by atoms with van der Waals surface area (Å²) in [6.07, 6.45) is 1.09. The molecule has 0 unspecified atom stereocenters. The van der Waals surface area contributed by atoms with Crippen molar-refractivity contribution in [3.05, 3.63) is 56.0 Å². The monoisotopic (exact) mass is 504 g/mol. The van der Waals surface area contributed by atoms with Crippen molar-refractivity contribution in [2.75, 3.05) is 19.5 Å². The lowest BCUT2D eigenvalue weighted by atomic mass is 10.2. The molecule has 0 fully saturated rings. The van der Waals surface area contributed by atoms with E-state index in [9.17, 15) is 19.2 Å². The minimum atomic E-state index is -0.774. The second-order valence-electron chi connectivity index (χ2n) is 8.54. The fourth-order valence-corrected chi connectivity index (χ4v) is 3.50. The van der Waals surface area contributed by atoms with E-state index in [1.807, 2.05) is 0 Å². The van der Waals surface area contributed by atoms with Gasteiger partial charge >= 0.3 is 11.7 Å². The number of hydrogen-bond acceptors (Lipinski definition) is 8. The number of aromatic amines is 1. The van der Waals surface area contributed by atoms with Crippen molar-refractivity contribution in [2.24, 2.45) is 0 Å². The average molecular weight is 505 g/mol. The van der Waals surface area contributed by atoms with Gasteiger partial charge in [0, 0.05) is 6.07 Å². The number of esters is 1. The maximum Gasteiger partial charge on any atom is 0.329 e. The van der Waals surface area contributed by atoms with Crippen LogP contribution in [-0.4, -0.2) is 46.2 Å². The Morgan fingerprint density at radius 2 is 1.80 bits per heavy atom. The molecule has 0 aliphatic heterocycles. The summed E-state index contributed by atoms with van der Waals surface area (Å²) in [6, 6.07) is 4.41. The lowest BCUT2D eigenvalue weighted by molar-refractivity contribution is -0.155. The first-order valence-corrected chi connectivity index (χ1v) is 10.8. The van der Waals surface area contributed by atoms with Gasteiger partial charge in [0.05, 0.1) is 54.1 Å². The minimum Gasteiger partial charge on any atom is -0.495 e. The quantitative estimate of drug-likeness (QED) is 0.467. The Balaban J connectivity index is 1.86. The molecule has 0 aliphatic carbocycles. The molecule has 2 heterocycles. The number of nitrogens with one attached hydrogen (secondary N) is 2. The lowest BCUT2D eigenvalue weighted by Gasteiger charge is -2.19. The van der Waals surface area contributed by atoms with Gasteiger partial charge in [0.25, 0.3) is 5.56 Å². The van der Waals surface area contributed by atoms with Crippen molar-refractivity contribution in [1.82, 2.24) is 14.5 Å². The zero-order valence-corrected chi connectivity index (χ0v) is 20.6. The number of aromatic nitrogens is 3. The molecule has 3 rings (SSSR count). The van der Waals surface area contributed by atoms with E-state index >= 15 is 0 Å². The molecule has 1 aromatic carbocycles. The number of ether oxygens (including phenoxy) is 3. The second kappa shape index (κ2) is 10.2. The molecule has 35 heavy (non-hydrogen) atoms. The third-order valence-corrected chi connectivity index (χ3v) is 5.02. The van der Waals surface area contributed by atoms with E-state index in [0.29, 0.717) is 17.2 Å². The number of halogens is 1. The third-order valence-electron chi connectivity index (χ3n) is 4.72. The van der Waals surface area contributed by atoms with Crippen molar-refractivity contribution in [1.29, 1.82) is 0 Å². The predicted octanol–water partition coefficient (Wildman–Crippen LogP) is 2.28. The van der Waals surface area contributed by atoms with Crippen LogP contribution in [0.25, 0.3) is 10.9 Å². The number of benzene rings is 1. The molecule has 0 atom stereocenters. The van der Waals surface area contributed by atoms with Gasteiger partial charge in [-0.15, -0.1) is 0 Å². The summed E-state index contributed by atoms with van der Waals surface area (Å²) in [6.45, 7) is 4.47. The van der Waals surface area contributed by atoms with Crippen LogP contribution in [0.1, 0.15) is 26.5 Å². The number of carbonyl (C=O) groups is 2.